The van der Waals surface area contributed by atoms with E-state index in [1.807, 2.05) is 46.8 Å². The zero-order valence-electron chi connectivity index (χ0n) is 10.7. The van der Waals surface area contributed by atoms with Crippen LogP contribution in [0.1, 0.15) is 37.5 Å². The molecule has 0 aliphatic heterocycles. The van der Waals surface area contributed by atoms with Crippen LogP contribution in [0.5, 0.6) is 5.75 Å². The molecule has 0 bridgehead atoms. The topological polar surface area (TPSA) is 41.5 Å². The fraction of sp³-hybridized carbons (Fsp3) is 0.538. The van der Waals surface area contributed by atoms with Gasteiger partial charge in [-0.05, 0) is 51.3 Å². The molecule has 0 aliphatic rings. The van der Waals surface area contributed by atoms with E-state index in [2.05, 4.69) is 5.48 Å². The maximum atomic E-state index is 9.63. The van der Waals surface area contributed by atoms with Crippen molar-refractivity contribution in [2.75, 3.05) is 0 Å². The Hall–Kier alpha value is -1.06. The highest BCUT2D eigenvalue weighted by atomic mass is 16.7. The van der Waals surface area contributed by atoms with Crippen LogP contribution < -0.4 is 5.48 Å². The lowest BCUT2D eigenvalue weighted by molar-refractivity contribution is -0.0757. The van der Waals surface area contributed by atoms with Gasteiger partial charge in [0.2, 0.25) is 0 Å². The molecule has 1 aromatic carbocycles. The average molecular weight is 223 g/mol. The van der Waals surface area contributed by atoms with Crippen molar-refractivity contribution in [3.05, 3.63) is 28.8 Å². The highest BCUT2D eigenvalue weighted by molar-refractivity contribution is 5.42. The van der Waals surface area contributed by atoms with Crippen LogP contribution in [0, 0.1) is 13.8 Å². The summed E-state index contributed by atoms with van der Waals surface area (Å²) in [6, 6.07) is 3.92. The molecule has 1 rings (SSSR count). The van der Waals surface area contributed by atoms with E-state index in [9.17, 15) is 5.11 Å². The Morgan fingerprint density at radius 1 is 1.19 bits per heavy atom. The quantitative estimate of drug-likeness (QED) is 0.774. The van der Waals surface area contributed by atoms with Crippen molar-refractivity contribution in [3.63, 3.8) is 0 Å². The van der Waals surface area contributed by atoms with Crippen LogP contribution in [0.2, 0.25) is 0 Å². The van der Waals surface area contributed by atoms with Crippen molar-refractivity contribution < 1.29 is 9.94 Å². The van der Waals surface area contributed by atoms with Gasteiger partial charge in [-0.25, -0.2) is 0 Å². The van der Waals surface area contributed by atoms with E-state index in [-0.39, 0.29) is 5.60 Å². The van der Waals surface area contributed by atoms with E-state index in [0.717, 1.165) is 16.7 Å². The summed E-state index contributed by atoms with van der Waals surface area (Å²) in [5.41, 5.74) is 5.64. The van der Waals surface area contributed by atoms with Crippen molar-refractivity contribution in [1.82, 2.24) is 5.48 Å². The molecule has 0 spiro atoms. The molecule has 3 heteroatoms. The number of nitrogens with one attached hydrogen (secondary N) is 1. The van der Waals surface area contributed by atoms with Crippen LogP contribution in [-0.2, 0) is 11.4 Å². The monoisotopic (exact) mass is 223 g/mol. The Kier molecular flexibility index (Phi) is 3.94. The van der Waals surface area contributed by atoms with Gasteiger partial charge in [-0.15, -0.1) is 0 Å². The molecule has 0 amide bonds. The molecule has 16 heavy (non-hydrogen) atoms. The van der Waals surface area contributed by atoms with Crippen LogP contribution >= 0.6 is 0 Å². The molecule has 0 aliphatic carbocycles. The lowest BCUT2D eigenvalue weighted by Gasteiger charge is -2.19. The molecule has 3 nitrogen and oxygen atoms in total. The van der Waals surface area contributed by atoms with E-state index in [0.29, 0.717) is 12.3 Å². The summed E-state index contributed by atoms with van der Waals surface area (Å²) in [6.45, 7) is 10.4. The average Bonchev–Trinajstić information content (AvgIpc) is 2.12. The van der Waals surface area contributed by atoms with Crippen LogP contribution in [0.15, 0.2) is 12.1 Å². The van der Waals surface area contributed by atoms with Gasteiger partial charge in [-0.3, -0.25) is 4.84 Å². The third-order valence-corrected chi connectivity index (χ3v) is 2.21. The summed E-state index contributed by atoms with van der Waals surface area (Å²) in [4.78, 5) is 5.43. The van der Waals surface area contributed by atoms with Crippen LogP contribution in [0.3, 0.4) is 0 Å². The van der Waals surface area contributed by atoms with Crippen LogP contribution in [0.25, 0.3) is 0 Å². The Bertz CT molecular complexity index is 344. The molecule has 0 aromatic heterocycles. The van der Waals surface area contributed by atoms with Gasteiger partial charge in [-0.1, -0.05) is 12.1 Å². The Morgan fingerprint density at radius 3 is 2.12 bits per heavy atom. The van der Waals surface area contributed by atoms with Gasteiger partial charge < -0.3 is 5.11 Å². The molecule has 0 heterocycles. The summed E-state index contributed by atoms with van der Waals surface area (Å²) in [7, 11) is 0. The molecule has 1 aromatic rings. The van der Waals surface area contributed by atoms with Crippen molar-refractivity contribution in [3.8, 4) is 5.75 Å². The molecule has 0 saturated heterocycles. The number of phenols is 1. The van der Waals surface area contributed by atoms with Gasteiger partial charge in [-0.2, -0.15) is 5.48 Å². The highest BCUT2D eigenvalue weighted by Gasteiger charge is 2.10. The Labute approximate surface area is 97.4 Å². The molecule has 0 fully saturated rings. The second-order valence-electron chi connectivity index (χ2n) is 5.11. The fourth-order valence-electron chi connectivity index (χ4n) is 1.48. The van der Waals surface area contributed by atoms with E-state index < -0.39 is 0 Å². The maximum Gasteiger partial charge on any atom is 0.121 e. The zero-order chi connectivity index (χ0) is 12.3. The molecular formula is C13H21NO2. The van der Waals surface area contributed by atoms with E-state index in [1.54, 1.807) is 0 Å². The van der Waals surface area contributed by atoms with E-state index in [1.165, 1.54) is 0 Å². The second-order valence-corrected chi connectivity index (χ2v) is 5.11. The Morgan fingerprint density at radius 2 is 1.69 bits per heavy atom. The highest BCUT2D eigenvalue weighted by Crippen LogP contribution is 2.22. The number of hydrogen-bond acceptors (Lipinski definition) is 3. The van der Waals surface area contributed by atoms with E-state index >= 15 is 0 Å². The predicted molar refractivity (Wildman–Crippen MR) is 65.3 cm³/mol. The van der Waals surface area contributed by atoms with Gasteiger partial charge in [0.1, 0.15) is 5.75 Å². The smallest absolute Gasteiger partial charge is 0.121 e. The number of phenolic OH excluding ortho intramolecular Hbond substituents is 1. The minimum absolute atomic E-state index is 0.193. The molecule has 2 N–H and O–H groups in total. The standard InChI is InChI=1S/C13H21NO2/c1-9-6-11(7-10(2)12(9)15)8-14-16-13(3,4)5/h6-7,14-15H,8H2,1-5H3. The summed E-state index contributed by atoms with van der Waals surface area (Å²) >= 11 is 0. The van der Waals surface area contributed by atoms with Gasteiger partial charge in [0.25, 0.3) is 0 Å². The first kappa shape index (κ1) is 13.0. The maximum absolute atomic E-state index is 9.63. The molecule has 0 atom stereocenters. The number of hydroxylamine groups is 1. The summed E-state index contributed by atoms with van der Waals surface area (Å²) in [6.07, 6.45) is 0. The zero-order valence-corrected chi connectivity index (χ0v) is 10.7. The van der Waals surface area contributed by atoms with Gasteiger partial charge >= 0.3 is 0 Å². The summed E-state index contributed by atoms with van der Waals surface area (Å²) in [5, 5.41) is 9.63. The fourth-order valence-corrected chi connectivity index (χ4v) is 1.48. The van der Waals surface area contributed by atoms with Crippen molar-refractivity contribution >= 4 is 0 Å². The normalized spacial score (nSPS) is 11.8. The van der Waals surface area contributed by atoms with Gasteiger partial charge in [0, 0.05) is 6.54 Å². The third kappa shape index (κ3) is 3.83. The van der Waals surface area contributed by atoms with Crippen LogP contribution in [0.4, 0.5) is 0 Å². The lowest BCUT2D eigenvalue weighted by Crippen LogP contribution is -2.28. The molecule has 0 unspecified atom stereocenters. The second kappa shape index (κ2) is 4.85. The van der Waals surface area contributed by atoms with Crippen LogP contribution in [-0.4, -0.2) is 10.7 Å². The molecule has 0 radical (unpaired) electrons. The first-order chi connectivity index (χ1) is 7.29. The number of rotatable bonds is 3. The lowest BCUT2D eigenvalue weighted by atomic mass is 10.1. The number of aryl methyl sites for hydroxylation is 2. The third-order valence-electron chi connectivity index (χ3n) is 2.21. The van der Waals surface area contributed by atoms with Gasteiger partial charge in [0.15, 0.2) is 0 Å². The molecule has 0 saturated carbocycles. The largest absolute Gasteiger partial charge is 0.507 e. The van der Waals surface area contributed by atoms with Crippen molar-refractivity contribution in [2.45, 2.75) is 46.8 Å². The minimum atomic E-state index is -0.193. The van der Waals surface area contributed by atoms with E-state index in [4.69, 9.17) is 4.84 Å². The van der Waals surface area contributed by atoms with Crippen molar-refractivity contribution in [2.24, 2.45) is 0 Å². The number of benzene rings is 1. The Balaban J connectivity index is 2.62. The molecular weight excluding hydrogens is 202 g/mol. The molecule has 90 valence electrons. The summed E-state index contributed by atoms with van der Waals surface area (Å²) < 4.78 is 0. The minimum Gasteiger partial charge on any atom is -0.507 e. The number of hydrogen-bond donors (Lipinski definition) is 2. The SMILES string of the molecule is Cc1cc(CNOC(C)(C)C)cc(C)c1O. The summed E-state index contributed by atoms with van der Waals surface area (Å²) in [5.74, 6) is 0.375. The predicted octanol–water partition coefficient (Wildman–Crippen LogP) is 2.83. The van der Waals surface area contributed by atoms with Gasteiger partial charge in [0.05, 0.1) is 5.60 Å². The first-order valence-electron chi connectivity index (χ1n) is 5.49. The first-order valence-corrected chi connectivity index (χ1v) is 5.49. The number of aromatic hydroxyl groups is 1. The van der Waals surface area contributed by atoms with Crippen molar-refractivity contribution in [1.29, 1.82) is 0 Å².